The van der Waals surface area contributed by atoms with Gasteiger partial charge in [0.2, 0.25) is 6.79 Å². The van der Waals surface area contributed by atoms with Crippen molar-refractivity contribution in [1.29, 1.82) is 0 Å². The minimum Gasteiger partial charge on any atom is -0.454 e. The predicted octanol–water partition coefficient (Wildman–Crippen LogP) is 3.34. The van der Waals surface area contributed by atoms with Gasteiger partial charge in [-0.1, -0.05) is 36.1 Å². The second kappa shape index (κ2) is 5.93. The predicted molar refractivity (Wildman–Crippen MR) is 105 cm³/mol. The normalized spacial score (nSPS) is 13.5. The van der Waals surface area contributed by atoms with Crippen LogP contribution in [-0.2, 0) is 0 Å². The maximum absolute atomic E-state index is 5.42. The number of nitrogens with zero attached hydrogens (tertiary/aromatic N) is 1. The molecule has 0 atom stereocenters. The van der Waals surface area contributed by atoms with E-state index in [-0.39, 0.29) is 6.79 Å². The van der Waals surface area contributed by atoms with Crippen molar-refractivity contribution in [2.24, 2.45) is 0 Å². The maximum Gasteiger partial charge on any atom is 0.231 e. The molecule has 26 heavy (non-hydrogen) atoms. The van der Waals surface area contributed by atoms with Crippen LogP contribution in [0, 0.1) is 0 Å². The van der Waals surface area contributed by atoms with E-state index in [0.29, 0.717) is 0 Å². The Kier molecular flexibility index (Phi) is 3.43. The number of thiazole rings is 1. The highest BCUT2D eigenvalue weighted by Gasteiger charge is 2.13. The van der Waals surface area contributed by atoms with Gasteiger partial charge in [0.05, 0.1) is 9.88 Å². The molecular weight excluding hydrogens is 346 g/mol. The van der Waals surface area contributed by atoms with Crippen molar-refractivity contribution in [2.75, 3.05) is 12.1 Å². The Morgan fingerprint density at radius 2 is 2.04 bits per heavy atom. The van der Waals surface area contributed by atoms with Crippen molar-refractivity contribution >= 4 is 45.7 Å². The lowest BCUT2D eigenvalue weighted by atomic mass is 10.2. The fraction of sp³-hybridized carbons (Fsp3) is 0.0500. The number of benzene rings is 2. The molecule has 0 aliphatic carbocycles. The van der Waals surface area contributed by atoms with E-state index < -0.39 is 0 Å². The zero-order valence-electron chi connectivity index (χ0n) is 13.8. The molecule has 128 valence electrons. The van der Waals surface area contributed by atoms with Gasteiger partial charge in [-0.3, -0.25) is 0 Å². The van der Waals surface area contributed by atoms with Gasteiger partial charge in [-0.25, -0.2) is 4.98 Å². The Bertz CT molecular complexity index is 1230. The van der Waals surface area contributed by atoms with E-state index in [9.17, 15) is 0 Å². The zero-order chi connectivity index (χ0) is 17.5. The molecule has 0 fully saturated rings. The summed E-state index contributed by atoms with van der Waals surface area (Å²) in [5, 5.41) is 6.05. The Labute approximate surface area is 153 Å². The van der Waals surface area contributed by atoms with Crippen LogP contribution >= 0.6 is 11.3 Å². The highest BCUT2D eigenvalue weighted by atomic mass is 32.1. The maximum atomic E-state index is 5.42. The van der Waals surface area contributed by atoms with Crippen molar-refractivity contribution in [3.8, 4) is 11.5 Å². The van der Waals surface area contributed by atoms with Crippen LogP contribution in [0.5, 0.6) is 11.5 Å². The van der Waals surface area contributed by atoms with E-state index in [0.717, 1.165) is 43.3 Å². The summed E-state index contributed by atoms with van der Waals surface area (Å²) in [7, 11) is 0. The van der Waals surface area contributed by atoms with E-state index in [1.165, 1.54) is 5.39 Å². The van der Waals surface area contributed by atoms with E-state index in [1.807, 2.05) is 36.5 Å². The zero-order valence-corrected chi connectivity index (χ0v) is 14.6. The molecule has 0 unspecified atom stereocenters. The molecule has 2 aromatic heterocycles. The second-order valence-corrected chi connectivity index (χ2v) is 6.99. The molecule has 5 rings (SSSR count). The van der Waals surface area contributed by atoms with E-state index >= 15 is 0 Å². The minimum atomic E-state index is 0.267. The van der Waals surface area contributed by atoms with Gasteiger partial charge in [-0.05, 0) is 24.3 Å². The highest BCUT2D eigenvalue weighted by molar-refractivity contribution is 7.13. The Morgan fingerprint density at radius 1 is 1.15 bits per heavy atom. The van der Waals surface area contributed by atoms with Crippen molar-refractivity contribution < 1.29 is 9.47 Å². The summed E-state index contributed by atoms with van der Waals surface area (Å²) in [6, 6.07) is 14.0. The summed E-state index contributed by atoms with van der Waals surface area (Å²) >= 11 is 1.57. The van der Waals surface area contributed by atoms with E-state index in [1.54, 1.807) is 11.3 Å². The average Bonchev–Trinajstić information content (AvgIpc) is 3.35. The minimum absolute atomic E-state index is 0.267. The lowest BCUT2D eigenvalue weighted by Crippen LogP contribution is -2.18. The molecule has 0 saturated carbocycles. The standard InChI is InChI=1S/C20H15N3O2S/c1-12-19(8-13-10-21-16-5-3-2-4-15(13)16)26-20(22-12)23-14-6-7-17-18(9-14)25-11-24-17/h2-10,21H,1,11H2,(H,22,23). The largest absolute Gasteiger partial charge is 0.454 e. The molecule has 0 amide bonds. The summed E-state index contributed by atoms with van der Waals surface area (Å²) < 4.78 is 11.8. The number of H-pyrrole nitrogens is 1. The van der Waals surface area contributed by atoms with Crippen LogP contribution in [0.4, 0.5) is 10.8 Å². The molecule has 1 aliphatic heterocycles. The molecule has 0 radical (unpaired) electrons. The number of rotatable bonds is 3. The quantitative estimate of drug-likeness (QED) is 0.588. The van der Waals surface area contributed by atoms with Crippen molar-refractivity contribution in [1.82, 2.24) is 9.97 Å². The Hall–Kier alpha value is -3.25. The third-order valence-corrected chi connectivity index (χ3v) is 5.22. The fourth-order valence-electron chi connectivity index (χ4n) is 2.98. The molecule has 4 aromatic rings. The van der Waals surface area contributed by atoms with Crippen LogP contribution in [0.1, 0.15) is 5.56 Å². The van der Waals surface area contributed by atoms with Crippen LogP contribution < -0.4 is 24.7 Å². The Balaban J connectivity index is 1.49. The number of aromatic amines is 1. The molecule has 3 heterocycles. The van der Waals surface area contributed by atoms with Gasteiger partial charge < -0.3 is 19.8 Å². The van der Waals surface area contributed by atoms with Gasteiger partial charge in [-0.15, -0.1) is 0 Å². The monoisotopic (exact) mass is 361 g/mol. The number of aromatic nitrogens is 2. The highest BCUT2D eigenvalue weighted by Crippen LogP contribution is 2.35. The molecular formula is C20H15N3O2S. The van der Waals surface area contributed by atoms with Gasteiger partial charge in [-0.2, -0.15) is 0 Å². The lowest BCUT2D eigenvalue weighted by molar-refractivity contribution is 0.174. The van der Waals surface area contributed by atoms with Crippen LogP contribution in [0.25, 0.3) is 23.6 Å². The first-order chi connectivity index (χ1) is 12.8. The molecule has 0 saturated heterocycles. The van der Waals surface area contributed by atoms with Gasteiger partial charge in [0.1, 0.15) is 0 Å². The number of hydrogen-bond donors (Lipinski definition) is 2. The fourth-order valence-corrected chi connectivity index (χ4v) is 3.86. The number of nitrogens with one attached hydrogen (secondary N) is 2. The lowest BCUT2D eigenvalue weighted by Gasteiger charge is -2.03. The van der Waals surface area contributed by atoms with Crippen molar-refractivity contribution in [3.63, 3.8) is 0 Å². The van der Waals surface area contributed by atoms with Gasteiger partial charge >= 0.3 is 0 Å². The van der Waals surface area contributed by atoms with Crippen LogP contribution in [0.2, 0.25) is 0 Å². The topological polar surface area (TPSA) is 59.2 Å². The molecule has 5 nitrogen and oxygen atoms in total. The number of para-hydroxylation sites is 1. The SMILES string of the molecule is C=c1nc(Nc2ccc3c(c2)OCO3)sc1=Cc1c[nH]c2ccccc12. The summed E-state index contributed by atoms with van der Waals surface area (Å²) in [5.41, 5.74) is 3.15. The second-order valence-electron chi connectivity index (χ2n) is 5.96. The number of fused-ring (bicyclic) bond motifs is 2. The number of hydrogen-bond acceptors (Lipinski definition) is 5. The van der Waals surface area contributed by atoms with Crippen LogP contribution in [0.3, 0.4) is 0 Å². The smallest absolute Gasteiger partial charge is 0.231 e. The van der Waals surface area contributed by atoms with Gasteiger partial charge in [0.15, 0.2) is 16.6 Å². The number of ether oxygens (including phenoxy) is 2. The molecule has 0 bridgehead atoms. The molecule has 0 spiro atoms. The summed E-state index contributed by atoms with van der Waals surface area (Å²) in [5.74, 6) is 1.51. The number of anilines is 2. The molecule has 2 N–H and O–H groups in total. The van der Waals surface area contributed by atoms with Gasteiger partial charge in [0, 0.05) is 34.4 Å². The summed E-state index contributed by atoms with van der Waals surface area (Å²) in [6.45, 7) is 4.34. The van der Waals surface area contributed by atoms with Gasteiger partial charge in [0.25, 0.3) is 0 Å². The molecule has 6 heteroatoms. The molecule has 1 aliphatic rings. The third kappa shape index (κ3) is 2.60. The Morgan fingerprint density at radius 3 is 3.00 bits per heavy atom. The third-order valence-electron chi connectivity index (χ3n) is 4.26. The first-order valence-electron chi connectivity index (χ1n) is 8.16. The van der Waals surface area contributed by atoms with E-state index in [2.05, 4.69) is 40.1 Å². The summed E-state index contributed by atoms with van der Waals surface area (Å²) in [4.78, 5) is 7.83. The summed E-state index contributed by atoms with van der Waals surface area (Å²) in [6.07, 6.45) is 4.12. The van der Waals surface area contributed by atoms with Crippen molar-refractivity contribution in [3.05, 3.63) is 64.1 Å². The molecule has 2 aromatic carbocycles. The van der Waals surface area contributed by atoms with Crippen molar-refractivity contribution in [2.45, 2.75) is 0 Å². The van der Waals surface area contributed by atoms with Crippen LogP contribution in [0.15, 0.2) is 48.7 Å². The first kappa shape index (κ1) is 15.0. The average molecular weight is 361 g/mol. The first-order valence-corrected chi connectivity index (χ1v) is 8.98. The van der Waals surface area contributed by atoms with E-state index in [4.69, 9.17) is 9.47 Å². The van der Waals surface area contributed by atoms with Crippen LogP contribution in [-0.4, -0.2) is 16.8 Å².